The molecule has 0 bridgehead atoms. The summed E-state index contributed by atoms with van der Waals surface area (Å²) in [5.74, 6) is -14.1. The highest BCUT2D eigenvalue weighted by molar-refractivity contribution is 5.98. The number of carbonyl (C=O) groups excluding carboxylic acids is 8. The first-order chi connectivity index (χ1) is 36.7. The SMILES string of the molecule is CC(C)CC(NC(=O)C(CC(=O)O)NC(=O)C(N)CCCCN)C(=O)NC(CCCCN)C(=O)NC(CCC(=O)O)C(=O)NC(CCCCN)C(=O)NC(CCCCN)C(=O)NC(CCC(=O)O)C(=O)NC(C(=O)O)C(C)C. The lowest BCUT2D eigenvalue weighted by Crippen LogP contribution is -2.60. The average molecular weight is 1120 g/mol. The molecule has 0 radical (unpaired) electrons. The number of aliphatic carboxylic acids is 4. The molecule has 446 valence electrons. The number of carboxylic acids is 4. The highest BCUT2D eigenvalue weighted by atomic mass is 16.4. The largest absolute Gasteiger partial charge is 0.481 e. The standard InChI is InChI=1S/C49H89N13O16/c1-27(2)25-35(61-48(76)36(26-39(67)68)60-41(69)29(54)13-5-9-21-50)47(75)57-32(16-8-12-24-53)44(72)58-33(17-19-37(63)64)45(73)56-30(14-6-10-22-51)42(70)55-31(15-7-11-23-52)43(71)59-34(18-20-38(65)66)46(74)62-40(28(3)4)49(77)78/h27-36,40H,5-26,50-54H2,1-4H3,(H,55,70)(H,56,73)(H,57,75)(H,58,72)(H,59,71)(H,60,69)(H,61,76)(H,62,74)(H,63,64)(H,65,66)(H,67,68)(H,77,78). The van der Waals surface area contributed by atoms with Gasteiger partial charge in [0.2, 0.25) is 47.3 Å². The van der Waals surface area contributed by atoms with Gasteiger partial charge in [-0.05, 0) is 128 Å². The summed E-state index contributed by atoms with van der Waals surface area (Å²) in [5, 5.41) is 57.9. The Kier molecular flexibility index (Phi) is 36.4. The topological polar surface area (TPSA) is 512 Å². The number of nitrogens with one attached hydrogen (secondary N) is 8. The number of amides is 8. The monoisotopic (exact) mass is 1120 g/mol. The van der Waals surface area contributed by atoms with Gasteiger partial charge in [0.15, 0.2) is 0 Å². The van der Waals surface area contributed by atoms with Gasteiger partial charge in [-0.3, -0.25) is 52.7 Å². The summed E-state index contributed by atoms with van der Waals surface area (Å²) in [6.45, 7) is 7.37. The molecular weight excluding hydrogens is 1030 g/mol. The highest BCUT2D eigenvalue weighted by Crippen LogP contribution is 2.13. The second-order valence-corrected chi connectivity index (χ2v) is 19.8. The normalized spacial score (nSPS) is 14.7. The molecule has 0 aromatic heterocycles. The van der Waals surface area contributed by atoms with E-state index in [9.17, 15) is 78.0 Å². The van der Waals surface area contributed by atoms with Crippen molar-refractivity contribution in [2.45, 2.75) is 198 Å². The van der Waals surface area contributed by atoms with Crippen LogP contribution in [0.25, 0.3) is 0 Å². The van der Waals surface area contributed by atoms with E-state index in [1.807, 2.05) is 0 Å². The van der Waals surface area contributed by atoms with Gasteiger partial charge in [0, 0.05) is 12.8 Å². The van der Waals surface area contributed by atoms with Crippen molar-refractivity contribution in [1.82, 2.24) is 42.5 Å². The van der Waals surface area contributed by atoms with Crippen molar-refractivity contribution in [2.24, 2.45) is 40.5 Å². The quantitative estimate of drug-likeness (QED) is 0.0266. The summed E-state index contributed by atoms with van der Waals surface area (Å²) in [5.41, 5.74) is 28.6. The van der Waals surface area contributed by atoms with Crippen LogP contribution >= 0.6 is 0 Å². The Bertz CT molecular complexity index is 1960. The Hall–Kier alpha value is -6.56. The van der Waals surface area contributed by atoms with Gasteiger partial charge in [0.25, 0.3) is 0 Å². The minimum atomic E-state index is -1.67. The van der Waals surface area contributed by atoms with Gasteiger partial charge in [0.05, 0.1) is 12.5 Å². The number of carbonyl (C=O) groups is 12. The molecule has 29 nitrogen and oxygen atoms in total. The third kappa shape index (κ3) is 30.4. The molecule has 0 saturated heterocycles. The fraction of sp³-hybridized carbons (Fsp3) is 0.755. The van der Waals surface area contributed by atoms with Crippen molar-refractivity contribution >= 4 is 71.1 Å². The first-order valence-corrected chi connectivity index (χ1v) is 26.6. The molecule has 0 aliphatic rings. The third-order valence-electron chi connectivity index (χ3n) is 12.2. The molecular formula is C49H89N13O16. The maximum atomic E-state index is 14.2. The average Bonchev–Trinajstić information content (AvgIpc) is 3.35. The van der Waals surface area contributed by atoms with Crippen molar-refractivity contribution < 1.29 is 78.0 Å². The van der Waals surface area contributed by atoms with Gasteiger partial charge in [-0.2, -0.15) is 0 Å². The van der Waals surface area contributed by atoms with E-state index in [2.05, 4.69) is 42.5 Å². The smallest absolute Gasteiger partial charge is 0.326 e. The van der Waals surface area contributed by atoms with Crippen molar-refractivity contribution in [3.63, 3.8) is 0 Å². The van der Waals surface area contributed by atoms with Crippen LogP contribution in [0.3, 0.4) is 0 Å². The number of unbranched alkanes of at least 4 members (excludes halogenated alkanes) is 4. The van der Waals surface area contributed by atoms with Crippen LogP contribution in [0.2, 0.25) is 0 Å². The minimum absolute atomic E-state index is 0.0417. The summed E-state index contributed by atoms with van der Waals surface area (Å²) in [6.07, 6.45) is -0.374. The molecule has 0 aromatic rings. The lowest BCUT2D eigenvalue weighted by Gasteiger charge is -2.28. The summed E-state index contributed by atoms with van der Waals surface area (Å²) >= 11 is 0. The van der Waals surface area contributed by atoms with Gasteiger partial charge >= 0.3 is 23.9 Å². The van der Waals surface area contributed by atoms with Crippen molar-refractivity contribution in [3.8, 4) is 0 Å². The van der Waals surface area contributed by atoms with E-state index in [1.54, 1.807) is 13.8 Å². The van der Waals surface area contributed by atoms with Crippen LogP contribution in [0.5, 0.6) is 0 Å². The minimum Gasteiger partial charge on any atom is -0.481 e. The van der Waals surface area contributed by atoms with Crippen LogP contribution in [0, 0.1) is 11.8 Å². The van der Waals surface area contributed by atoms with Gasteiger partial charge in [0.1, 0.15) is 48.3 Å². The molecule has 0 rings (SSSR count). The molecule has 0 heterocycles. The van der Waals surface area contributed by atoms with Gasteiger partial charge in [-0.15, -0.1) is 0 Å². The van der Waals surface area contributed by atoms with E-state index in [0.717, 1.165) is 0 Å². The lowest BCUT2D eigenvalue weighted by molar-refractivity contribution is -0.144. The second kappa shape index (κ2) is 39.7. The van der Waals surface area contributed by atoms with E-state index in [1.165, 1.54) is 13.8 Å². The van der Waals surface area contributed by atoms with E-state index >= 15 is 0 Å². The molecule has 0 aliphatic heterocycles. The molecule has 9 unspecified atom stereocenters. The molecule has 78 heavy (non-hydrogen) atoms. The van der Waals surface area contributed by atoms with Crippen LogP contribution in [0.1, 0.15) is 143 Å². The Morgan fingerprint density at radius 1 is 0.359 bits per heavy atom. The molecule has 0 aliphatic carbocycles. The number of carboxylic acid groups (broad SMARTS) is 4. The molecule has 0 spiro atoms. The van der Waals surface area contributed by atoms with Crippen LogP contribution < -0.4 is 71.2 Å². The summed E-state index contributed by atoms with van der Waals surface area (Å²) in [7, 11) is 0. The summed E-state index contributed by atoms with van der Waals surface area (Å²) in [4.78, 5) is 157. The van der Waals surface area contributed by atoms with Crippen molar-refractivity contribution in [1.29, 1.82) is 0 Å². The predicted octanol–water partition coefficient (Wildman–Crippen LogP) is -3.30. The number of hydrogen-bond donors (Lipinski definition) is 17. The van der Waals surface area contributed by atoms with Crippen LogP contribution in [-0.2, 0) is 57.5 Å². The molecule has 22 N–H and O–H groups in total. The van der Waals surface area contributed by atoms with Gasteiger partial charge in [-0.1, -0.05) is 34.1 Å². The zero-order chi connectivity index (χ0) is 59.5. The number of nitrogens with two attached hydrogens (primary N) is 5. The Morgan fingerprint density at radius 3 is 0.962 bits per heavy atom. The Balaban J connectivity index is 6.93. The van der Waals surface area contributed by atoms with Crippen molar-refractivity contribution in [2.75, 3.05) is 26.2 Å². The molecule has 0 fully saturated rings. The molecule has 8 amide bonds. The second-order valence-electron chi connectivity index (χ2n) is 19.8. The molecule has 29 heteroatoms. The lowest BCUT2D eigenvalue weighted by atomic mass is 10.0. The Morgan fingerprint density at radius 2 is 0.654 bits per heavy atom. The number of rotatable bonds is 44. The van der Waals surface area contributed by atoms with E-state index in [0.29, 0.717) is 38.6 Å². The van der Waals surface area contributed by atoms with Crippen LogP contribution in [0.4, 0.5) is 0 Å². The fourth-order valence-corrected chi connectivity index (χ4v) is 7.76. The van der Waals surface area contributed by atoms with E-state index in [4.69, 9.17) is 28.7 Å². The zero-order valence-electron chi connectivity index (χ0n) is 45.5. The predicted molar refractivity (Wildman–Crippen MR) is 283 cm³/mol. The van der Waals surface area contributed by atoms with E-state index in [-0.39, 0.29) is 76.9 Å². The first-order valence-electron chi connectivity index (χ1n) is 26.6. The summed E-state index contributed by atoms with van der Waals surface area (Å²) < 4.78 is 0. The fourth-order valence-electron chi connectivity index (χ4n) is 7.76. The van der Waals surface area contributed by atoms with Crippen LogP contribution in [-0.4, -0.2) is 172 Å². The third-order valence-corrected chi connectivity index (χ3v) is 12.2. The van der Waals surface area contributed by atoms with Gasteiger partial charge in [-0.25, -0.2) is 4.79 Å². The van der Waals surface area contributed by atoms with Crippen molar-refractivity contribution in [3.05, 3.63) is 0 Å². The maximum absolute atomic E-state index is 14.2. The Labute approximate surface area is 454 Å². The number of hydrogen-bond acceptors (Lipinski definition) is 17. The highest BCUT2D eigenvalue weighted by Gasteiger charge is 2.36. The first kappa shape index (κ1) is 71.4. The van der Waals surface area contributed by atoms with Gasteiger partial charge < -0.3 is 91.6 Å². The zero-order valence-corrected chi connectivity index (χ0v) is 45.5. The summed E-state index contributed by atoms with van der Waals surface area (Å²) in [6, 6.07) is -13.1. The maximum Gasteiger partial charge on any atom is 0.326 e. The molecule has 0 aromatic carbocycles. The van der Waals surface area contributed by atoms with E-state index < -0.39 is 164 Å². The molecule has 9 atom stereocenters. The van der Waals surface area contributed by atoms with Crippen LogP contribution in [0.15, 0.2) is 0 Å². The molecule has 0 saturated carbocycles.